The molecule has 2 aliphatic carbocycles. The van der Waals surface area contributed by atoms with E-state index < -0.39 is 0 Å². The molecule has 0 amide bonds. The molecule has 1 N–H and O–H groups in total. The lowest BCUT2D eigenvalue weighted by Crippen LogP contribution is -2.52. The summed E-state index contributed by atoms with van der Waals surface area (Å²) in [6, 6.07) is 0.774. The number of hydrogen-bond donors (Lipinski definition) is 1. The summed E-state index contributed by atoms with van der Waals surface area (Å²) in [5.41, 5.74) is 1.04. The molecule has 0 aromatic carbocycles. The molecule has 2 heteroatoms. The van der Waals surface area contributed by atoms with Crippen LogP contribution in [-0.4, -0.2) is 37.1 Å². The number of likely N-dealkylation sites (N-methyl/N-ethyl adjacent to an activating group) is 1. The molecule has 2 nitrogen and oxygen atoms in total. The zero-order valence-electron chi connectivity index (χ0n) is 12.9. The van der Waals surface area contributed by atoms with Crippen molar-refractivity contribution in [2.75, 3.05) is 20.6 Å². The van der Waals surface area contributed by atoms with Crippen molar-refractivity contribution >= 4 is 0 Å². The minimum Gasteiger partial charge on any atom is -0.312 e. The molecule has 0 aliphatic heterocycles. The van der Waals surface area contributed by atoms with Gasteiger partial charge in [0.05, 0.1) is 0 Å². The average molecular weight is 252 g/mol. The van der Waals surface area contributed by atoms with Crippen LogP contribution >= 0.6 is 0 Å². The highest BCUT2D eigenvalue weighted by Crippen LogP contribution is 2.36. The van der Waals surface area contributed by atoms with Crippen LogP contribution in [0.15, 0.2) is 0 Å². The first kappa shape index (κ1) is 14.3. The van der Waals surface area contributed by atoms with E-state index in [1.165, 1.54) is 57.9 Å². The van der Waals surface area contributed by atoms with E-state index in [9.17, 15) is 0 Å². The molecule has 2 fully saturated rings. The van der Waals surface area contributed by atoms with Gasteiger partial charge >= 0.3 is 0 Å². The summed E-state index contributed by atoms with van der Waals surface area (Å²) in [6.07, 6.45) is 11.1. The summed E-state index contributed by atoms with van der Waals surface area (Å²) in [7, 11) is 4.52. The Bertz CT molecular complexity index is 254. The van der Waals surface area contributed by atoms with Crippen molar-refractivity contribution in [3.63, 3.8) is 0 Å². The topological polar surface area (TPSA) is 15.3 Å². The molecule has 0 spiro atoms. The van der Waals surface area contributed by atoms with Crippen molar-refractivity contribution in [1.29, 1.82) is 0 Å². The molecule has 0 aromatic heterocycles. The minimum atomic E-state index is 0.451. The molecular formula is C16H32N2. The van der Waals surface area contributed by atoms with Crippen molar-refractivity contribution < 1.29 is 0 Å². The van der Waals surface area contributed by atoms with Gasteiger partial charge in [0.1, 0.15) is 0 Å². The molecule has 2 saturated carbocycles. The molecule has 0 unspecified atom stereocenters. The summed E-state index contributed by atoms with van der Waals surface area (Å²) < 4.78 is 0. The highest BCUT2D eigenvalue weighted by atomic mass is 15.2. The van der Waals surface area contributed by atoms with Gasteiger partial charge in [-0.05, 0) is 58.0 Å². The zero-order chi connectivity index (χ0) is 13.2. The molecule has 18 heavy (non-hydrogen) atoms. The quantitative estimate of drug-likeness (QED) is 0.825. The maximum absolute atomic E-state index is 3.88. The molecule has 106 valence electrons. The smallest absolute Gasteiger partial charge is 0.0327 e. The summed E-state index contributed by atoms with van der Waals surface area (Å²) >= 11 is 0. The lowest BCUT2D eigenvalue weighted by atomic mass is 9.75. The van der Waals surface area contributed by atoms with Gasteiger partial charge in [-0.25, -0.2) is 0 Å². The normalized spacial score (nSPS) is 27.8. The van der Waals surface area contributed by atoms with Crippen LogP contribution in [0.2, 0.25) is 0 Å². The van der Waals surface area contributed by atoms with Crippen LogP contribution in [0.4, 0.5) is 0 Å². The van der Waals surface area contributed by atoms with Gasteiger partial charge in [0.2, 0.25) is 0 Å². The third-order valence-electron chi connectivity index (χ3n) is 5.54. The molecule has 0 heterocycles. The third kappa shape index (κ3) is 3.27. The predicted octanol–water partition coefficient (Wildman–Crippen LogP) is 3.42. The highest BCUT2D eigenvalue weighted by Gasteiger charge is 2.36. The minimum absolute atomic E-state index is 0.451. The van der Waals surface area contributed by atoms with Crippen molar-refractivity contribution in [2.45, 2.75) is 76.8 Å². The number of nitrogens with one attached hydrogen (secondary N) is 1. The van der Waals surface area contributed by atoms with Crippen molar-refractivity contribution in [2.24, 2.45) is 5.41 Å². The van der Waals surface area contributed by atoms with Gasteiger partial charge in [0.15, 0.2) is 0 Å². The first-order valence-corrected chi connectivity index (χ1v) is 7.84. The van der Waals surface area contributed by atoms with Crippen LogP contribution in [0, 0.1) is 5.41 Å². The van der Waals surface area contributed by atoms with E-state index in [0.717, 1.165) is 6.04 Å². The van der Waals surface area contributed by atoms with Gasteiger partial charge in [-0.1, -0.05) is 26.7 Å². The molecule has 0 radical (unpaired) electrons. The van der Waals surface area contributed by atoms with Crippen LogP contribution in [-0.2, 0) is 0 Å². The molecule has 0 bridgehead atoms. The Morgan fingerprint density at radius 2 is 1.56 bits per heavy atom. The van der Waals surface area contributed by atoms with Crippen LogP contribution in [0.5, 0.6) is 0 Å². The summed E-state index contributed by atoms with van der Waals surface area (Å²) in [4.78, 5) is 2.47. The van der Waals surface area contributed by atoms with Gasteiger partial charge < -0.3 is 10.2 Å². The van der Waals surface area contributed by atoms with Crippen LogP contribution in [0.1, 0.15) is 65.2 Å². The number of hydrogen-bond acceptors (Lipinski definition) is 2. The molecule has 0 saturated heterocycles. The first-order chi connectivity index (χ1) is 8.44. The van der Waals surface area contributed by atoms with Gasteiger partial charge in [0.25, 0.3) is 0 Å². The number of rotatable bonds is 4. The fraction of sp³-hybridized carbons (Fsp3) is 1.00. The average Bonchev–Trinajstić information content (AvgIpc) is 2.78. The molecule has 0 atom stereocenters. The van der Waals surface area contributed by atoms with Gasteiger partial charge in [-0.15, -0.1) is 0 Å². The Balaban J connectivity index is 1.80. The fourth-order valence-corrected chi connectivity index (χ4v) is 3.75. The predicted molar refractivity (Wildman–Crippen MR) is 78.9 cm³/mol. The second kappa shape index (κ2) is 5.50. The Morgan fingerprint density at radius 1 is 1.00 bits per heavy atom. The third-order valence-corrected chi connectivity index (χ3v) is 5.54. The van der Waals surface area contributed by atoms with E-state index in [2.05, 4.69) is 38.2 Å². The van der Waals surface area contributed by atoms with Gasteiger partial charge in [-0.2, -0.15) is 0 Å². The van der Waals surface area contributed by atoms with E-state index in [0.29, 0.717) is 11.0 Å². The van der Waals surface area contributed by atoms with Crippen molar-refractivity contribution in [3.8, 4) is 0 Å². The lowest BCUT2D eigenvalue weighted by molar-refractivity contribution is 0.135. The SMILES string of the molecule is CN(C)C1(CNC2CCC(C)(C)CC2)CCCC1. The summed E-state index contributed by atoms with van der Waals surface area (Å²) in [6.45, 7) is 6.04. The standard InChI is InChI=1S/C16H32N2/c1-15(2)11-7-14(8-12-15)17-13-16(18(3)4)9-5-6-10-16/h14,17H,5-13H2,1-4H3. The fourth-order valence-electron chi connectivity index (χ4n) is 3.75. The molecule has 2 rings (SSSR count). The van der Waals surface area contributed by atoms with Crippen molar-refractivity contribution in [3.05, 3.63) is 0 Å². The van der Waals surface area contributed by atoms with E-state index in [-0.39, 0.29) is 0 Å². The monoisotopic (exact) mass is 252 g/mol. The van der Waals surface area contributed by atoms with Crippen LogP contribution in [0.3, 0.4) is 0 Å². The molecular weight excluding hydrogens is 220 g/mol. The highest BCUT2D eigenvalue weighted by molar-refractivity contribution is 4.95. The van der Waals surface area contributed by atoms with Gasteiger partial charge in [0, 0.05) is 18.1 Å². The van der Waals surface area contributed by atoms with Crippen molar-refractivity contribution in [1.82, 2.24) is 10.2 Å². The van der Waals surface area contributed by atoms with Crippen LogP contribution in [0.25, 0.3) is 0 Å². The van der Waals surface area contributed by atoms with E-state index in [4.69, 9.17) is 0 Å². The zero-order valence-corrected chi connectivity index (χ0v) is 12.9. The maximum atomic E-state index is 3.88. The largest absolute Gasteiger partial charge is 0.312 e. The molecule has 0 aromatic rings. The first-order valence-electron chi connectivity index (χ1n) is 7.84. The van der Waals surface area contributed by atoms with E-state index >= 15 is 0 Å². The Hall–Kier alpha value is -0.0800. The Kier molecular flexibility index (Phi) is 4.38. The Labute approximate surface area is 114 Å². The molecule has 2 aliphatic rings. The summed E-state index contributed by atoms with van der Waals surface area (Å²) in [5.74, 6) is 0. The Morgan fingerprint density at radius 3 is 2.06 bits per heavy atom. The lowest BCUT2D eigenvalue weighted by Gasteiger charge is -2.40. The maximum Gasteiger partial charge on any atom is 0.0327 e. The number of nitrogens with zero attached hydrogens (tertiary/aromatic N) is 1. The van der Waals surface area contributed by atoms with Crippen LogP contribution < -0.4 is 5.32 Å². The summed E-state index contributed by atoms with van der Waals surface area (Å²) in [5, 5.41) is 3.88. The van der Waals surface area contributed by atoms with Gasteiger partial charge in [-0.3, -0.25) is 0 Å². The second-order valence-electron chi connectivity index (χ2n) is 7.65. The van der Waals surface area contributed by atoms with E-state index in [1.54, 1.807) is 0 Å². The second-order valence-corrected chi connectivity index (χ2v) is 7.65. The van der Waals surface area contributed by atoms with E-state index in [1.807, 2.05) is 0 Å².